The summed E-state index contributed by atoms with van der Waals surface area (Å²) in [6, 6.07) is 14.1. The highest BCUT2D eigenvalue weighted by atomic mass is 35.5. The quantitative estimate of drug-likeness (QED) is 0.352. The van der Waals surface area contributed by atoms with Crippen molar-refractivity contribution in [2.45, 2.75) is 27.2 Å². The van der Waals surface area contributed by atoms with Crippen molar-refractivity contribution < 1.29 is 4.79 Å². The van der Waals surface area contributed by atoms with Gasteiger partial charge in [-0.1, -0.05) is 41.7 Å². The summed E-state index contributed by atoms with van der Waals surface area (Å²) >= 11 is 1.59. The van der Waals surface area contributed by atoms with Crippen LogP contribution in [0.3, 0.4) is 0 Å². The van der Waals surface area contributed by atoms with E-state index in [4.69, 9.17) is 4.98 Å². The SMILES string of the molecule is Cc1ccc(C)c2sc(N(CCCN(C)C)C(=O)c3cnn(-c4ccccc4)c3C)nc12.Cl. The molecule has 0 saturated heterocycles. The highest BCUT2D eigenvalue weighted by Gasteiger charge is 2.25. The number of nitrogens with zero attached hydrogens (tertiary/aromatic N) is 5. The normalized spacial score (nSPS) is 11.1. The van der Waals surface area contributed by atoms with Crippen LogP contribution in [0.15, 0.2) is 48.7 Å². The summed E-state index contributed by atoms with van der Waals surface area (Å²) in [7, 11) is 4.09. The van der Waals surface area contributed by atoms with Crippen LogP contribution in [0.2, 0.25) is 0 Å². The number of aryl methyl sites for hydroxylation is 2. The van der Waals surface area contributed by atoms with E-state index in [9.17, 15) is 4.79 Å². The van der Waals surface area contributed by atoms with Crippen LogP contribution < -0.4 is 4.90 Å². The summed E-state index contributed by atoms with van der Waals surface area (Å²) in [5.74, 6) is -0.0576. The third kappa shape index (κ3) is 5.11. The number of carbonyl (C=O) groups excluding carboxylic acids is 1. The average molecular weight is 484 g/mol. The van der Waals surface area contributed by atoms with Gasteiger partial charge in [0.2, 0.25) is 0 Å². The van der Waals surface area contributed by atoms with Gasteiger partial charge in [-0.15, -0.1) is 12.4 Å². The summed E-state index contributed by atoms with van der Waals surface area (Å²) in [5, 5.41) is 5.25. The first kappa shape index (κ1) is 24.9. The van der Waals surface area contributed by atoms with Gasteiger partial charge in [-0.3, -0.25) is 9.69 Å². The number of benzene rings is 2. The third-order valence-corrected chi connectivity index (χ3v) is 6.85. The molecule has 174 valence electrons. The van der Waals surface area contributed by atoms with Crippen molar-refractivity contribution in [2.24, 2.45) is 0 Å². The molecule has 8 heteroatoms. The minimum absolute atomic E-state index is 0. The van der Waals surface area contributed by atoms with E-state index in [2.05, 4.69) is 36.0 Å². The van der Waals surface area contributed by atoms with Gasteiger partial charge in [0.05, 0.1) is 33.4 Å². The van der Waals surface area contributed by atoms with Gasteiger partial charge in [0, 0.05) is 6.54 Å². The van der Waals surface area contributed by atoms with Crippen molar-refractivity contribution in [3.8, 4) is 5.69 Å². The zero-order valence-electron chi connectivity index (χ0n) is 19.7. The second kappa shape index (κ2) is 10.5. The first-order valence-corrected chi connectivity index (χ1v) is 11.6. The lowest BCUT2D eigenvalue weighted by atomic mass is 10.1. The van der Waals surface area contributed by atoms with E-state index in [-0.39, 0.29) is 18.3 Å². The molecular weight excluding hydrogens is 454 g/mol. The molecule has 0 N–H and O–H groups in total. The van der Waals surface area contributed by atoms with Gasteiger partial charge < -0.3 is 4.90 Å². The maximum Gasteiger partial charge on any atom is 0.263 e. The predicted molar refractivity (Wildman–Crippen MR) is 139 cm³/mol. The molecule has 0 bridgehead atoms. The van der Waals surface area contributed by atoms with Crippen molar-refractivity contribution in [2.75, 3.05) is 32.1 Å². The van der Waals surface area contributed by atoms with Crippen LogP contribution in [0.5, 0.6) is 0 Å². The monoisotopic (exact) mass is 483 g/mol. The molecule has 0 aliphatic rings. The molecule has 0 spiro atoms. The number of thiazole rings is 1. The summed E-state index contributed by atoms with van der Waals surface area (Å²) in [4.78, 5) is 22.6. The number of rotatable bonds is 7. The van der Waals surface area contributed by atoms with Crippen molar-refractivity contribution in [3.63, 3.8) is 0 Å². The average Bonchev–Trinajstić information content (AvgIpc) is 3.39. The highest BCUT2D eigenvalue weighted by molar-refractivity contribution is 7.22. The smallest absolute Gasteiger partial charge is 0.263 e. The largest absolute Gasteiger partial charge is 0.309 e. The number of hydrogen-bond donors (Lipinski definition) is 0. The number of anilines is 1. The van der Waals surface area contributed by atoms with Crippen LogP contribution in [-0.4, -0.2) is 52.8 Å². The van der Waals surface area contributed by atoms with Crippen LogP contribution in [0.1, 0.15) is 33.6 Å². The number of fused-ring (bicyclic) bond motifs is 1. The molecule has 2 aromatic carbocycles. The second-order valence-corrected chi connectivity index (χ2v) is 9.36. The minimum atomic E-state index is -0.0576. The van der Waals surface area contributed by atoms with Gasteiger partial charge in [-0.05, 0) is 71.1 Å². The van der Waals surface area contributed by atoms with Crippen LogP contribution in [0, 0.1) is 20.8 Å². The van der Waals surface area contributed by atoms with E-state index in [0.29, 0.717) is 12.1 Å². The van der Waals surface area contributed by atoms with Crippen molar-refractivity contribution >= 4 is 45.0 Å². The molecule has 6 nitrogen and oxygen atoms in total. The first-order chi connectivity index (χ1) is 15.4. The Bertz CT molecular complexity index is 1210. The maximum absolute atomic E-state index is 13.8. The molecule has 4 rings (SSSR count). The Balaban J connectivity index is 0.00000306. The minimum Gasteiger partial charge on any atom is -0.309 e. The lowest BCUT2D eigenvalue weighted by Crippen LogP contribution is -2.33. The van der Waals surface area contributed by atoms with Gasteiger partial charge in [-0.25, -0.2) is 9.67 Å². The van der Waals surface area contributed by atoms with Gasteiger partial charge in [0.25, 0.3) is 5.91 Å². The highest BCUT2D eigenvalue weighted by Crippen LogP contribution is 2.34. The standard InChI is InChI=1S/C25H29N5OS.ClH/c1-17-12-13-18(2)23-22(17)27-25(32-23)29(15-9-14-28(4)5)24(31)21-16-26-30(19(21)3)20-10-7-6-8-11-20;/h6-8,10-13,16H,9,14-15H2,1-5H3;1H. The summed E-state index contributed by atoms with van der Waals surface area (Å²) < 4.78 is 2.96. The first-order valence-electron chi connectivity index (χ1n) is 10.8. The summed E-state index contributed by atoms with van der Waals surface area (Å²) in [6.07, 6.45) is 2.53. The molecule has 2 heterocycles. The fraction of sp³-hybridized carbons (Fsp3) is 0.320. The van der Waals surface area contributed by atoms with Crippen LogP contribution in [0.4, 0.5) is 5.13 Å². The molecule has 33 heavy (non-hydrogen) atoms. The molecule has 0 radical (unpaired) electrons. The molecule has 1 amide bonds. The van der Waals surface area contributed by atoms with E-state index < -0.39 is 0 Å². The number of halogens is 1. The number of aromatic nitrogens is 3. The molecule has 0 aliphatic heterocycles. The molecule has 0 saturated carbocycles. The third-order valence-electron chi connectivity index (χ3n) is 5.63. The van der Waals surface area contributed by atoms with Gasteiger partial charge >= 0.3 is 0 Å². The van der Waals surface area contributed by atoms with E-state index in [1.807, 2.05) is 60.9 Å². The predicted octanol–water partition coefficient (Wildman–Crippen LogP) is 5.43. The second-order valence-electron chi connectivity index (χ2n) is 8.38. The summed E-state index contributed by atoms with van der Waals surface area (Å²) in [6.45, 7) is 7.60. The fourth-order valence-corrected chi connectivity index (χ4v) is 4.92. The van der Waals surface area contributed by atoms with Crippen LogP contribution in [-0.2, 0) is 0 Å². The Hall–Kier alpha value is -2.74. The fourth-order valence-electron chi connectivity index (χ4n) is 3.79. The van der Waals surface area contributed by atoms with Crippen molar-refractivity contribution in [3.05, 3.63) is 71.0 Å². The van der Waals surface area contributed by atoms with Gasteiger partial charge in [0.15, 0.2) is 5.13 Å². The molecule has 4 aromatic rings. The maximum atomic E-state index is 13.8. The van der Waals surface area contributed by atoms with Crippen molar-refractivity contribution in [1.82, 2.24) is 19.7 Å². The van der Waals surface area contributed by atoms with E-state index in [1.54, 1.807) is 17.5 Å². The van der Waals surface area contributed by atoms with Gasteiger partial charge in [-0.2, -0.15) is 5.10 Å². The topological polar surface area (TPSA) is 54.3 Å². The number of para-hydroxylation sites is 1. The molecule has 2 aromatic heterocycles. The lowest BCUT2D eigenvalue weighted by molar-refractivity contribution is 0.0985. The van der Waals surface area contributed by atoms with E-state index >= 15 is 0 Å². The lowest BCUT2D eigenvalue weighted by Gasteiger charge is -2.21. The number of amides is 1. The Kier molecular flexibility index (Phi) is 7.89. The summed E-state index contributed by atoms with van der Waals surface area (Å²) in [5.41, 5.74) is 5.66. The van der Waals surface area contributed by atoms with E-state index in [0.717, 1.165) is 45.3 Å². The zero-order chi connectivity index (χ0) is 22.8. The molecule has 0 aliphatic carbocycles. The van der Waals surface area contributed by atoms with Crippen molar-refractivity contribution in [1.29, 1.82) is 0 Å². The molecule has 0 atom stereocenters. The number of hydrogen-bond acceptors (Lipinski definition) is 5. The van der Waals surface area contributed by atoms with Crippen LogP contribution in [0.25, 0.3) is 15.9 Å². The molecule has 0 fully saturated rings. The van der Waals surface area contributed by atoms with Gasteiger partial charge in [0.1, 0.15) is 0 Å². The Morgan fingerprint density at radius 1 is 1.00 bits per heavy atom. The number of carbonyl (C=O) groups is 1. The zero-order valence-corrected chi connectivity index (χ0v) is 21.3. The Morgan fingerprint density at radius 2 is 1.70 bits per heavy atom. The van der Waals surface area contributed by atoms with E-state index in [1.165, 1.54) is 5.56 Å². The Labute approximate surface area is 205 Å². The molecular formula is C25H30ClN5OS. The molecule has 0 unspecified atom stereocenters. The van der Waals surface area contributed by atoms with Crippen LogP contribution >= 0.6 is 23.7 Å². The Morgan fingerprint density at radius 3 is 2.36 bits per heavy atom.